The van der Waals surface area contributed by atoms with E-state index in [1.165, 1.54) is 17.7 Å². The highest BCUT2D eigenvalue weighted by atomic mass is 35.5. The molecule has 0 aliphatic heterocycles. The largest absolute Gasteiger partial charge is 0.494 e. The molecule has 1 aliphatic carbocycles. The lowest BCUT2D eigenvalue weighted by molar-refractivity contribution is -0.00157. The van der Waals surface area contributed by atoms with Crippen LogP contribution in [0.5, 0.6) is 5.75 Å². The van der Waals surface area contributed by atoms with E-state index in [9.17, 15) is 0 Å². The number of nitrogens with zero attached hydrogens (tertiary/aromatic N) is 1. The van der Waals surface area contributed by atoms with Crippen LogP contribution in [0.3, 0.4) is 0 Å². The number of hydroxylamine groups is 2. The van der Waals surface area contributed by atoms with Gasteiger partial charge in [0.2, 0.25) is 0 Å². The highest BCUT2D eigenvalue weighted by Gasteiger charge is 2.21. The van der Waals surface area contributed by atoms with Gasteiger partial charge in [-0.15, -0.1) is 0 Å². The molecule has 0 unspecified atom stereocenters. The smallest absolute Gasteiger partial charge is 0.156 e. The predicted octanol–water partition coefficient (Wildman–Crippen LogP) is 6.28. The highest BCUT2D eigenvalue weighted by Crippen LogP contribution is 2.33. The molecule has 0 bridgehead atoms. The minimum atomic E-state index is 0.654. The normalized spacial score (nSPS) is 15.6. The summed E-state index contributed by atoms with van der Waals surface area (Å²) >= 11 is 6.06. The summed E-state index contributed by atoms with van der Waals surface area (Å²) in [5, 5.41) is 2.53. The molecular weight excluding hydrogens is 334 g/mol. The Morgan fingerprint density at radius 3 is 2.76 bits per heavy atom. The van der Waals surface area contributed by atoms with Gasteiger partial charge in [-0.2, -0.15) is 0 Å². The van der Waals surface area contributed by atoms with Crippen molar-refractivity contribution in [2.45, 2.75) is 46.0 Å². The van der Waals surface area contributed by atoms with E-state index in [1.807, 2.05) is 43.3 Å². The summed E-state index contributed by atoms with van der Waals surface area (Å²) in [6.07, 6.45) is 11.6. The van der Waals surface area contributed by atoms with Gasteiger partial charge in [0.15, 0.2) is 5.75 Å². The van der Waals surface area contributed by atoms with Crippen LogP contribution < -0.4 is 4.84 Å². The van der Waals surface area contributed by atoms with Crippen molar-refractivity contribution in [3.63, 3.8) is 0 Å². The Kier molecular flexibility index (Phi) is 7.93. The summed E-state index contributed by atoms with van der Waals surface area (Å²) in [4.78, 5) is 6.01. The molecule has 0 fully saturated rings. The number of hydrogen-bond acceptors (Lipinski definition) is 3. The van der Waals surface area contributed by atoms with E-state index >= 15 is 0 Å². The molecule has 0 radical (unpaired) electrons. The van der Waals surface area contributed by atoms with E-state index in [2.05, 4.69) is 25.2 Å². The van der Waals surface area contributed by atoms with Crippen LogP contribution in [-0.4, -0.2) is 18.7 Å². The zero-order chi connectivity index (χ0) is 18.1. The Morgan fingerprint density at radius 2 is 2.04 bits per heavy atom. The van der Waals surface area contributed by atoms with Crippen LogP contribution in [0.25, 0.3) is 0 Å². The summed E-state index contributed by atoms with van der Waals surface area (Å²) in [7, 11) is 1.95. The molecule has 0 saturated carbocycles. The first-order valence-corrected chi connectivity index (χ1v) is 9.42. The highest BCUT2D eigenvalue weighted by molar-refractivity contribution is 6.30. The molecule has 0 saturated heterocycles. The van der Waals surface area contributed by atoms with Crippen LogP contribution in [0, 0.1) is 0 Å². The number of halogens is 1. The van der Waals surface area contributed by atoms with Gasteiger partial charge in [0.1, 0.15) is 5.76 Å². The van der Waals surface area contributed by atoms with Crippen LogP contribution >= 0.6 is 11.6 Å². The molecule has 4 heteroatoms. The molecule has 1 aromatic carbocycles. The van der Waals surface area contributed by atoms with Gasteiger partial charge in [0, 0.05) is 23.7 Å². The fourth-order valence-corrected chi connectivity index (χ4v) is 3.10. The minimum absolute atomic E-state index is 0.654. The summed E-state index contributed by atoms with van der Waals surface area (Å²) in [6, 6.07) is 7.47. The maximum Gasteiger partial charge on any atom is 0.156 e. The minimum Gasteiger partial charge on any atom is -0.494 e. The molecule has 25 heavy (non-hydrogen) atoms. The zero-order valence-electron chi connectivity index (χ0n) is 15.4. The molecule has 0 atom stereocenters. The Morgan fingerprint density at radius 1 is 1.24 bits per heavy atom. The van der Waals surface area contributed by atoms with E-state index in [0.717, 1.165) is 37.2 Å². The van der Waals surface area contributed by atoms with E-state index in [1.54, 1.807) is 0 Å². The van der Waals surface area contributed by atoms with Crippen molar-refractivity contribution in [3.05, 3.63) is 64.5 Å². The summed E-state index contributed by atoms with van der Waals surface area (Å²) in [5.74, 6) is 1.68. The van der Waals surface area contributed by atoms with Crippen LogP contribution in [0.4, 0.5) is 0 Å². The first-order valence-electron chi connectivity index (χ1n) is 9.05. The van der Waals surface area contributed by atoms with Crippen molar-refractivity contribution < 1.29 is 9.57 Å². The molecule has 1 aliphatic rings. The van der Waals surface area contributed by atoms with Gasteiger partial charge >= 0.3 is 0 Å². The standard InChI is InChI=1S/C21H28ClNO2/c1-4-6-7-15-21(24-5-2)19-13-8-9-14-20(19)23(3)25-18-12-10-11-17(22)16-18/h6-7,10-12,15-16H,4-5,8-9,13-14H2,1-3H3/b7-6+,21-15-. The Balaban J connectivity index is 2.28. The summed E-state index contributed by atoms with van der Waals surface area (Å²) in [6.45, 7) is 4.80. The Hall–Kier alpha value is -1.87. The van der Waals surface area contributed by atoms with Gasteiger partial charge in [-0.3, -0.25) is 0 Å². The first kappa shape index (κ1) is 19.5. The predicted molar refractivity (Wildman–Crippen MR) is 104 cm³/mol. The zero-order valence-corrected chi connectivity index (χ0v) is 16.2. The molecule has 136 valence electrons. The second-order valence-corrected chi connectivity index (χ2v) is 6.42. The van der Waals surface area contributed by atoms with Gasteiger partial charge in [-0.1, -0.05) is 36.7 Å². The van der Waals surface area contributed by atoms with Gasteiger partial charge < -0.3 is 9.57 Å². The molecule has 0 heterocycles. The van der Waals surface area contributed by atoms with Crippen molar-refractivity contribution in [3.8, 4) is 5.75 Å². The molecular formula is C21H28ClNO2. The van der Waals surface area contributed by atoms with E-state index in [-0.39, 0.29) is 0 Å². The summed E-state index contributed by atoms with van der Waals surface area (Å²) in [5.41, 5.74) is 2.41. The van der Waals surface area contributed by atoms with E-state index in [4.69, 9.17) is 21.2 Å². The SMILES string of the molecule is CC/C=C/C=C(\OCC)C1=C(N(C)Oc2cccc(Cl)c2)CCCC1. The van der Waals surface area contributed by atoms with Crippen molar-refractivity contribution in [2.24, 2.45) is 0 Å². The molecule has 0 N–H and O–H groups in total. The van der Waals surface area contributed by atoms with E-state index < -0.39 is 0 Å². The lowest BCUT2D eigenvalue weighted by Gasteiger charge is -2.29. The van der Waals surface area contributed by atoms with Crippen LogP contribution in [0.2, 0.25) is 5.02 Å². The Labute approximate surface area is 156 Å². The van der Waals surface area contributed by atoms with Crippen molar-refractivity contribution in [1.29, 1.82) is 0 Å². The molecule has 3 nitrogen and oxygen atoms in total. The van der Waals surface area contributed by atoms with Gasteiger partial charge in [0.25, 0.3) is 0 Å². The second-order valence-electron chi connectivity index (χ2n) is 5.98. The molecule has 0 aromatic heterocycles. The maximum atomic E-state index is 6.06. The fourth-order valence-electron chi connectivity index (χ4n) is 2.92. The molecule has 1 aromatic rings. The first-order chi connectivity index (χ1) is 12.2. The Bertz CT molecular complexity index is 649. The van der Waals surface area contributed by atoms with Crippen molar-refractivity contribution >= 4 is 11.6 Å². The van der Waals surface area contributed by atoms with Gasteiger partial charge in [-0.05, 0) is 57.2 Å². The third-order valence-corrected chi connectivity index (χ3v) is 4.31. The third kappa shape index (κ3) is 5.86. The van der Waals surface area contributed by atoms with E-state index in [0.29, 0.717) is 11.6 Å². The topological polar surface area (TPSA) is 21.7 Å². The second kappa shape index (κ2) is 10.2. The summed E-state index contributed by atoms with van der Waals surface area (Å²) < 4.78 is 5.93. The van der Waals surface area contributed by atoms with Crippen molar-refractivity contribution in [1.82, 2.24) is 5.06 Å². The van der Waals surface area contributed by atoms with Crippen LogP contribution in [0.1, 0.15) is 46.0 Å². The van der Waals surface area contributed by atoms with Gasteiger partial charge in [-0.25, -0.2) is 5.06 Å². The third-order valence-electron chi connectivity index (χ3n) is 4.07. The van der Waals surface area contributed by atoms with Gasteiger partial charge in [0.05, 0.1) is 12.3 Å². The lowest BCUT2D eigenvalue weighted by Crippen LogP contribution is -2.25. The number of benzene rings is 1. The number of hydrogen-bond donors (Lipinski definition) is 0. The molecule has 2 rings (SSSR count). The average Bonchev–Trinajstić information content (AvgIpc) is 2.61. The lowest BCUT2D eigenvalue weighted by atomic mass is 9.94. The van der Waals surface area contributed by atoms with Crippen LogP contribution in [-0.2, 0) is 4.74 Å². The maximum absolute atomic E-state index is 6.06. The van der Waals surface area contributed by atoms with Crippen LogP contribution in [0.15, 0.2) is 59.5 Å². The number of ether oxygens (including phenoxy) is 1. The molecule has 0 spiro atoms. The fraction of sp³-hybridized carbons (Fsp3) is 0.429. The average molecular weight is 362 g/mol. The number of allylic oxidation sites excluding steroid dienone is 5. The quantitative estimate of drug-likeness (QED) is 0.309. The van der Waals surface area contributed by atoms with Crippen molar-refractivity contribution in [2.75, 3.05) is 13.7 Å². The monoisotopic (exact) mass is 361 g/mol. The molecule has 0 amide bonds. The number of rotatable bonds is 8.